The molecule has 0 amide bonds. The van der Waals surface area contributed by atoms with E-state index in [2.05, 4.69) is 11.8 Å². The van der Waals surface area contributed by atoms with Gasteiger partial charge in [0.05, 0.1) is 6.61 Å². The molecule has 0 spiro atoms. The summed E-state index contributed by atoms with van der Waals surface area (Å²) in [6.07, 6.45) is 0.124. The third-order valence-electron chi connectivity index (χ3n) is 1.85. The summed E-state index contributed by atoms with van der Waals surface area (Å²) in [4.78, 5) is 11.0. The van der Waals surface area contributed by atoms with Crippen molar-refractivity contribution in [1.82, 2.24) is 0 Å². The van der Waals surface area contributed by atoms with Crippen LogP contribution in [0.1, 0.15) is 24.5 Å². The van der Waals surface area contributed by atoms with Gasteiger partial charge in [-0.05, 0) is 24.6 Å². The van der Waals surface area contributed by atoms with Gasteiger partial charge in [0.25, 0.3) is 0 Å². The van der Waals surface area contributed by atoms with E-state index in [0.717, 1.165) is 11.1 Å². The molecule has 0 aliphatic rings. The summed E-state index contributed by atoms with van der Waals surface area (Å²) in [6, 6.07) is 7.62. The van der Waals surface area contributed by atoms with Crippen LogP contribution in [0.5, 0.6) is 0 Å². The van der Waals surface area contributed by atoms with E-state index in [-0.39, 0.29) is 12.4 Å². The second-order valence-corrected chi connectivity index (χ2v) is 3.38. The second-order valence-electron chi connectivity index (χ2n) is 3.12. The maximum Gasteiger partial charge on any atom is 0.317 e. The molecule has 0 atom stereocenters. The van der Waals surface area contributed by atoms with Crippen LogP contribution in [0.4, 0.5) is 0 Å². The van der Waals surface area contributed by atoms with Crippen molar-refractivity contribution in [3.8, 4) is 11.8 Å². The Balaban J connectivity index is 2.59. The SMILES string of the molecule is CCOC(=O)CC#Cc1cccc(CCl)c1. The highest BCUT2D eigenvalue weighted by atomic mass is 35.5. The largest absolute Gasteiger partial charge is 0.465 e. The summed E-state index contributed by atoms with van der Waals surface area (Å²) < 4.78 is 4.76. The molecule has 0 aromatic heterocycles. The Morgan fingerprint density at radius 1 is 1.50 bits per heavy atom. The van der Waals surface area contributed by atoms with Crippen molar-refractivity contribution in [2.24, 2.45) is 0 Å². The lowest BCUT2D eigenvalue weighted by Gasteiger charge is -1.96. The van der Waals surface area contributed by atoms with E-state index in [1.54, 1.807) is 6.92 Å². The number of hydrogen-bond donors (Lipinski definition) is 0. The first kappa shape index (κ1) is 12.6. The predicted molar refractivity (Wildman–Crippen MR) is 64.1 cm³/mol. The fourth-order valence-corrected chi connectivity index (χ4v) is 1.33. The molecule has 0 saturated heterocycles. The molecule has 0 heterocycles. The minimum absolute atomic E-state index is 0.124. The summed E-state index contributed by atoms with van der Waals surface area (Å²) in [5.74, 6) is 5.85. The zero-order chi connectivity index (χ0) is 11.8. The molecule has 0 N–H and O–H groups in total. The van der Waals surface area contributed by atoms with E-state index < -0.39 is 0 Å². The molecule has 0 unspecified atom stereocenters. The van der Waals surface area contributed by atoms with Gasteiger partial charge in [0, 0.05) is 11.4 Å². The first-order chi connectivity index (χ1) is 7.76. The zero-order valence-electron chi connectivity index (χ0n) is 9.13. The molecule has 0 saturated carbocycles. The van der Waals surface area contributed by atoms with Gasteiger partial charge in [-0.2, -0.15) is 0 Å². The Morgan fingerprint density at radius 2 is 2.31 bits per heavy atom. The van der Waals surface area contributed by atoms with Crippen LogP contribution < -0.4 is 0 Å². The first-order valence-corrected chi connectivity index (χ1v) is 5.59. The minimum Gasteiger partial charge on any atom is -0.465 e. The molecule has 0 aliphatic carbocycles. The highest BCUT2D eigenvalue weighted by Crippen LogP contribution is 2.06. The van der Waals surface area contributed by atoms with Crippen LogP contribution in [0, 0.1) is 11.8 Å². The van der Waals surface area contributed by atoms with Gasteiger partial charge in [0.1, 0.15) is 6.42 Å². The summed E-state index contributed by atoms with van der Waals surface area (Å²) in [7, 11) is 0. The predicted octanol–water partition coefficient (Wildman–Crippen LogP) is 2.73. The Bertz CT molecular complexity index is 415. The maximum absolute atomic E-state index is 11.0. The average Bonchev–Trinajstić information content (AvgIpc) is 2.30. The second kappa shape index (κ2) is 6.92. The Hall–Kier alpha value is -1.46. The third kappa shape index (κ3) is 4.37. The molecule has 0 aliphatic heterocycles. The van der Waals surface area contributed by atoms with Crippen LogP contribution >= 0.6 is 11.6 Å². The molecular formula is C13H13ClO2. The monoisotopic (exact) mass is 236 g/mol. The van der Waals surface area contributed by atoms with Crippen LogP contribution in [0.3, 0.4) is 0 Å². The number of carbonyl (C=O) groups is 1. The van der Waals surface area contributed by atoms with Crippen LogP contribution in [-0.2, 0) is 15.4 Å². The number of benzene rings is 1. The number of esters is 1. The molecule has 3 heteroatoms. The van der Waals surface area contributed by atoms with Crippen molar-refractivity contribution >= 4 is 17.6 Å². The van der Waals surface area contributed by atoms with Gasteiger partial charge in [-0.15, -0.1) is 11.6 Å². The number of alkyl halides is 1. The van der Waals surface area contributed by atoms with Crippen molar-refractivity contribution < 1.29 is 9.53 Å². The summed E-state index contributed by atoms with van der Waals surface area (Å²) in [5, 5.41) is 0. The van der Waals surface area contributed by atoms with Gasteiger partial charge in [-0.3, -0.25) is 4.79 Å². The molecule has 16 heavy (non-hydrogen) atoms. The average molecular weight is 237 g/mol. The van der Waals surface area contributed by atoms with Crippen LogP contribution in [-0.4, -0.2) is 12.6 Å². The van der Waals surface area contributed by atoms with Crippen molar-refractivity contribution in [2.45, 2.75) is 19.2 Å². The minimum atomic E-state index is -0.288. The number of halogens is 1. The molecule has 1 aromatic rings. The summed E-state index contributed by atoms with van der Waals surface area (Å²) in [6.45, 7) is 2.16. The molecule has 1 rings (SSSR count). The van der Waals surface area contributed by atoms with Crippen LogP contribution in [0.15, 0.2) is 24.3 Å². The molecule has 0 radical (unpaired) electrons. The van der Waals surface area contributed by atoms with E-state index in [1.807, 2.05) is 24.3 Å². The van der Waals surface area contributed by atoms with Gasteiger partial charge < -0.3 is 4.74 Å². The first-order valence-electron chi connectivity index (χ1n) is 5.05. The van der Waals surface area contributed by atoms with Gasteiger partial charge in [0.15, 0.2) is 0 Å². The Morgan fingerprint density at radius 3 is 3.00 bits per heavy atom. The number of hydrogen-bond acceptors (Lipinski definition) is 2. The molecule has 1 aromatic carbocycles. The lowest BCUT2D eigenvalue weighted by molar-refractivity contribution is -0.141. The Labute approximate surface area is 101 Å². The fraction of sp³-hybridized carbons (Fsp3) is 0.308. The fourth-order valence-electron chi connectivity index (χ4n) is 1.16. The zero-order valence-corrected chi connectivity index (χ0v) is 9.88. The van der Waals surface area contributed by atoms with Crippen LogP contribution in [0.25, 0.3) is 0 Å². The van der Waals surface area contributed by atoms with Gasteiger partial charge in [-0.1, -0.05) is 24.0 Å². The quantitative estimate of drug-likeness (QED) is 0.458. The van der Waals surface area contributed by atoms with Gasteiger partial charge in [0.2, 0.25) is 0 Å². The van der Waals surface area contributed by atoms with Crippen molar-refractivity contribution in [2.75, 3.05) is 6.61 Å². The lowest BCUT2D eigenvalue weighted by atomic mass is 10.1. The molecule has 0 fully saturated rings. The summed E-state index contributed by atoms with van der Waals surface area (Å²) in [5.41, 5.74) is 1.88. The van der Waals surface area contributed by atoms with Crippen molar-refractivity contribution in [3.05, 3.63) is 35.4 Å². The van der Waals surface area contributed by atoms with Gasteiger partial charge in [-0.25, -0.2) is 0 Å². The standard InChI is InChI=1S/C13H13ClO2/c1-2-16-13(15)8-4-6-11-5-3-7-12(9-11)10-14/h3,5,7,9H,2,8,10H2,1H3. The smallest absolute Gasteiger partial charge is 0.317 e. The summed E-state index contributed by atoms with van der Waals surface area (Å²) >= 11 is 5.70. The van der Waals surface area contributed by atoms with Gasteiger partial charge >= 0.3 is 5.97 Å². The third-order valence-corrected chi connectivity index (χ3v) is 2.16. The lowest BCUT2D eigenvalue weighted by Crippen LogP contribution is -2.01. The molecule has 84 valence electrons. The highest BCUT2D eigenvalue weighted by Gasteiger charge is 1.96. The molecule has 0 bridgehead atoms. The number of ether oxygens (including phenoxy) is 1. The number of carbonyl (C=O) groups excluding carboxylic acids is 1. The number of rotatable bonds is 3. The van der Waals surface area contributed by atoms with E-state index in [4.69, 9.17) is 16.3 Å². The molecule has 2 nitrogen and oxygen atoms in total. The highest BCUT2D eigenvalue weighted by molar-refractivity contribution is 6.17. The van der Waals surface area contributed by atoms with E-state index in [0.29, 0.717) is 12.5 Å². The van der Waals surface area contributed by atoms with Crippen LogP contribution in [0.2, 0.25) is 0 Å². The topological polar surface area (TPSA) is 26.3 Å². The Kier molecular flexibility index (Phi) is 5.45. The van der Waals surface area contributed by atoms with E-state index >= 15 is 0 Å². The maximum atomic E-state index is 11.0. The van der Waals surface area contributed by atoms with Crippen molar-refractivity contribution in [3.63, 3.8) is 0 Å². The normalized spacial score (nSPS) is 9.12. The van der Waals surface area contributed by atoms with E-state index in [9.17, 15) is 4.79 Å². The molecular weight excluding hydrogens is 224 g/mol. The van der Waals surface area contributed by atoms with E-state index in [1.165, 1.54) is 0 Å². The van der Waals surface area contributed by atoms with Crippen molar-refractivity contribution in [1.29, 1.82) is 0 Å².